The van der Waals surface area contributed by atoms with E-state index in [0.717, 1.165) is 0 Å². The average Bonchev–Trinajstić information content (AvgIpc) is 2.75. The lowest BCUT2D eigenvalue weighted by Gasteiger charge is -2.20. The van der Waals surface area contributed by atoms with Crippen LogP contribution in [0.1, 0.15) is 34.7 Å². The summed E-state index contributed by atoms with van der Waals surface area (Å²) in [4.78, 5) is 25.5. The molecule has 1 unspecified atom stereocenters. The molecule has 0 fully saturated rings. The number of phenols is 3. The summed E-state index contributed by atoms with van der Waals surface area (Å²) in [5.41, 5.74) is 1.42. The van der Waals surface area contributed by atoms with Crippen molar-refractivity contribution in [3.05, 3.63) is 81.3 Å². The Kier molecular flexibility index (Phi) is 6.73. The topological polar surface area (TPSA) is 129 Å². The third-order valence-corrected chi connectivity index (χ3v) is 5.43. The van der Waals surface area contributed by atoms with Crippen molar-refractivity contribution in [2.24, 2.45) is 0 Å². The number of phenolic OH excluding ortho intramolecular Hbond substituents is 3. The molecule has 4 N–H and O–H groups in total. The van der Waals surface area contributed by atoms with Crippen molar-refractivity contribution in [3.8, 4) is 23.0 Å². The van der Waals surface area contributed by atoms with Crippen LogP contribution in [0, 0.1) is 6.92 Å². The predicted octanol–water partition coefficient (Wildman–Crippen LogP) is 2.92. The number of methoxy groups -OCH3 is 1. The molecule has 1 atom stereocenters. The molecule has 0 spiro atoms. The van der Waals surface area contributed by atoms with Gasteiger partial charge in [-0.2, -0.15) is 0 Å². The lowest BCUT2D eigenvalue weighted by atomic mass is 9.88. The zero-order chi connectivity index (χ0) is 23.4. The SMILES string of the molecule is COC(=O)CC(c1ccc(O)cc1)c1c(O)cc(C)n(CCc2ccc(O)c(O)c2)c1=O. The molecule has 0 aliphatic rings. The van der Waals surface area contributed by atoms with Gasteiger partial charge in [0, 0.05) is 18.2 Å². The third kappa shape index (κ3) is 4.85. The Labute approximate surface area is 184 Å². The molecule has 0 bridgehead atoms. The minimum absolute atomic E-state index is 0.0354. The molecule has 0 aliphatic carbocycles. The van der Waals surface area contributed by atoms with E-state index < -0.39 is 17.4 Å². The van der Waals surface area contributed by atoms with Crippen LogP contribution in [-0.4, -0.2) is 38.1 Å². The third-order valence-electron chi connectivity index (χ3n) is 5.43. The van der Waals surface area contributed by atoms with Gasteiger partial charge in [-0.3, -0.25) is 9.59 Å². The fourth-order valence-corrected chi connectivity index (χ4v) is 3.68. The summed E-state index contributed by atoms with van der Waals surface area (Å²) in [5.74, 6) is -1.99. The number of hydrogen-bond donors (Lipinski definition) is 4. The van der Waals surface area contributed by atoms with Gasteiger partial charge in [0.1, 0.15) is 11.5 Å². The zero-order valence-corrected chi connectivity index (χ0v) is 17.8. The van der Waals surface area contributed by atoms with Gasteiger partial charge in [0.25, 0.3) is 5.56 Å². The number of esters is 1. The van der Waals surface area contributed by atoms with Crippen molar-refractivity contribution in [1.29, 1.82) is 0 Å². The summed E-state index contributed by atoms with van der Waals surface area (Å²) in [7, 11) is 1.25. The van der Waals surface area contributed by atoms with E-state index in [1.165, 1.54) is 42.0 Å². The van der Waals surface area contributed by atoms with Crippen LogP contribution in [0.3, 0.4) is 0 Å². The Morgan fingerprint density at radius 1 is 0.969 bits per heavy atom. The van der Waals surface area contributed by atoms with Crippen LogP contribution in [0.15, 0.2) is 53.3 Å². The molecule has 32 heavy (non-hydrogen) atoms. The first kappa shape index (κ1) is 22.7. The number of benzene rings is 2. The van der Waals surface area contributed by atoms with E-state index in [2.05, 4.69) is 0 Å². The maximum absolute atomic E-state index is 13.4. The molecule has 0 aliphatic heterocycles. The number of rotatable bonds is 7. The molecule has 0 amide bonds. The Balaban J connectivity index is 2.03. The Morgan fingerprint density at radius 3 is 2.28 bits per heavy atom. The van der Waals surface area contributed by atoms with Crippen molar-refractivity contribution in [2.75, 3.05) is 7.11 Å². The molecule has 2 aromatic carbocycles. The molecule has 0 radical (unpaired) electrons. The first-order valence-electron chi connectivity index (χ1n) is 10.0. The lowest BCUT2D eigenvalue weighted by molar-refractivity contribution is -0.140. The summed E-state index contributed by atoms with van der Waals surface area (Å²) >= 11 is 0. The second-order valence-electron chi connectivity index (χ2n) is 7.54. The summed E-state index contributed by atoms with van der Waals surface area (Å²) in [6.07, 6.45) is 0.221. The quantitative estimate of drug-likeness (QED) is 0.329. The van der Waals surface area contributed by atoms with Crippen LogP contribution in [0.25, 0.3) is 0 Å². The normalized spacial score (nSPS) is 11.8. The van der Waals surface area contributed by atoms with E-state index in [0.29, 0.717) is 23.2 Å². The van der Waals surface area contributed by atoms with Crippen molar-refractivity contribution < 1.29 is 30.0 Å². The summed E-state index contributed by atoms with van der Waals surface area (Å²) in [6.45, 7) is 1.94. The molecule has 0 saturated heterocycles. The monoisotopic (exact) mass is 439 g/mol. The standard InChI is InChI=1S/C24H25NO7/c1-14-11-21(29)23(18(13-22(30)32-2)16-4-6-17(26)7-5-16)24(31)25(14)10-9-15-3-8-19(27)20(28)12-15/h3-8,11-12,18,26-29H,9-10,13H2,1-2H3. The van der Waals surface area contributed by atoms with Crippen LogP contribution in [0.2, 0.25) is 0 Å². The van der Waals surface area contributed by atoms with E-state index in [4.69, 9.17) is 4.74 Å². The minimum atomic E-state index is -0.778. The predicted molar refractivity (Wildman–Crippen MR) is 117 cm³/mol. The highest BCUT2D eigenvalue weighted by molar-refractivity contribution is 5.71. The maximum Gasteiger partial charge on any atom is 0.306 e. The summed E-state index contributed by atoms with van der Waals surface area (Å²) in [5, 5.41) is 39.4. The van der Waals surface area contributed by atoms with E-state index >= 15 is 0 Å². The van der Waals surface area contributed by atoms with Gasteiger partial charge in [-0.05, 0) is 54.8 Å². The first-order chi connectivity index (χ1) is 15.2. The van der Waals surface area contributed by atoms with Gasteiger partial charge in [0.2, 0.25) is 0 Å². The number of pyridine rings is 1. The highest BCUT2D eigenvalue weighted by Crippen LogP contribution is 2.33. The second kappa shape index (κ2) is 9.47. The first-order valence-corrected chi connectivity index (χ1v) is 10.0. The average molecular weight is 439 g/mol. The highest BCUT2D eigenvalue weighted by Gasteiger charge is 2.26. The van der Waals surface area contributed by atoms with Gasteiger partial charge < -0.3 is 29.7 Å². The van der Waals surface area contributed by atoms with Crippen LogP contribution >= 0.6 is 0 Å². The summed E-state index contributed by atoms with van der Waals surface area (Å²) < 4.78 is 6.27. The Morgan fingerprint density at radius 2 is 1.66 bits per heavy atom. The number of aromatic nitrogens is 1. The lowest BCUT2D eigenvalue weighted by Crippen LogP contribution is -2.29. The Bertz CT molecular complexity index is 1180. The molecule has 168 valence electrons. The van der Waals surface area contributed by atoms with Gasteiger partial charge in [0.15, 0.2) is 11.5 Å². The second-order valence-corrected chi connectivity index (χ2v) is 7.54. The van der Waals surface area contributed by atoms with Crippen molar-refractivity contribution in [1.82, 2.24) is 4.57 Å². The van der Waals surface area contributed by atoms with Crippen LogP contribution in [-0.2, 0) is 22.5 Å². The molecular weight excluding hydrogens is 414 g/mol. The number of ether oxygens (including phenoxy) is 1. The summed E-state index contributed by atoms with van der Waals surface area (Å²) in [6, 6.07) is 12.0. The van der Waals surface area contributed by atoms with Crippen LogP contribution in [0.4, 0.5) is 0 Å². The fraction of sp³-hybridized carbons (Fsp3) is 0.250. The van der Waals surface area contributed by atoms with E-state index in [-0.39, 0.29) is 41.5 Å². The Hall–Kier alpha value is -3.94. The molecule has 3 aromatic rings. The number of hydrogen-bond acceptors (Lipinski definition) is 7. The van der Waals surface area contributed by atoms with E-state index in [9.17, 15) is 30.0 Å². The molecular formula is C24H25NO7. The molecule has 0 saturated carbocycles. The number of aryl methyl sites for hydroxylation is 2. The van der Waals surface area contributed by atoms with E-state index in [1.54, 1.807) is 25.1 Å². The van der Waals surface area contributed by atoms with Crippen LogP contribution < -0.4 is 5.56 Å². The largest absolute Gasteiger partial charge is 0.508 e. The van der Waals surface area contributed by atoms with Gasteiger partial charge >= 0.3 is 5.97 Å². The number of nitrogens with zero attached hydrogens (tertiary/aromatic N) is 1. The molecule has 3 rings (SSSR count). The molecule has 8 nitrogen and oxygen atoms in total. The van der Waals surface area contributed by atoms with Crippen molar-refractivity contribution in [2.45, 2.75) is 32.2 Å². The number of carbonyl (C=O) groups excluding carboxylic acids is 1. The van der Waals surface area contributed by atoms with E-state index in [1.807, 2.05) is 0 Å². The molecule has 1 aromatic heterocycles. The van der Waals surface area contributed by atoms with Crippen molar-refractivity contribution >= 4 is 5.97 Å². The minimum Gasteiger partial charge on any atom is -0.508 e. The van der Waals surface area contributed by atoms with Crippen molar-refractivity contribution in [3.63, 3.8) is 0 Å². The number of carbonyl (C=O) groups is 1. The zero-order valence-electron chi connectivity index (χ0n) is 17.8. The van der Waals surface area contributed by atoms with Crippen LogP contribution in [0.5, 0.6) is 23.0 Å². The smallest absolute Gasteiger partial charge is 0.306 e. The molecule has 8 heteroatoms. The molecule has 1 heterocycles. The van der Waals surface area contributed by atoms with Gasteiger partial charge in [0.05, 0.1) is 19.1 Å². The van der Waals surface area contributed by atoms with Gasteiger partial charge in [-0.1, -0.05) is 18.2 Å². The van der Waals surface area contributed by atoms with Gasteiger partial charge in [-0.25, -0.2) is 0 Å². The highest BCUT2D eigenvalue weighted by atomic mass is 16.5. The maximum atomic E-state index is 13.4. The van der Waals surface area contributed by atoms with Gasteiger partial charge in [-0.15, -0.1) is 0 Å². The fourth-order valence-electron chi connectivity index (χ4n) is 3.68. The number of aromatic hydroxyl groups is 4.